The molecule has 2 aromatic heterocycles. The van der Waals surface area contributed by atoms with Gasteiger partial charge in [0, 0.05) is 22.6 Å². The summed E-state index contributed by atoms with van der Waals surface area (Å²) in [6.45, 7) is 2.67. The molecule has 1 aromatic carbocycles. The summed E-state index contributed by atoms with van der Waals surface area (Å²) in [5.41, 5.74) is 10.2. The molecular formula is C20H20ClN3OS. The van der Waals surface area contributed by atoms with E-state index in [9.17, 15) is 4.79 Å². The Bertz CT molecular complexity index is 998. The number of hydrogen-bond donors (Lipinski definition) is 2. The minimum atomic E-state index is -0.170. The van der Waals surface area contributed by atoms with Gasteiger partial charge in [-0.25, -0.2) is 4.98 Å². The molecule has 0 spiro atoms. The van der Waals surface area contributed by atoms with Crippen LogP contribution in [0.5, 0.6) is 0 Å². The molecule has 1 atom stereocenters. The third-order valence-corrected chi connectivity index (χ3v) is 6.23. The number of anilines is 1. The first-order chi connectivity index (χ1) is 12.5. The molecule has 26 heavy (non-hydrogen) atoms. The van der Waals surface area contributed by atoms with Crippen molar-refractivity contribution in [1.29, 1.82) is 0 Å². The number of benzene rings is 1. The first kappa shape index (κ1) is 17.3. The van der Waals surface area contributed by atoms with Crippen molar-refractivity contribution in [3.63, 3.8) is 0 Å². The molecule has 0 bridgehead atoms. The Kier molecular flexibility index (Phi) is 4.59. The van der Waals surface area contributed by atoms with Crippen molar-refractivity contribution in [2.45, 2.75) is 32.7 Å². The van der Waals surface area contributed by atoms with E-state index in [0.29, 0.717) is 28.0 Å². The Labute approximate surface area is 161 Å². The zero-order valence-corrected chi connectivity index (χ0v) is 16.1. The lowest BCUT2D eigenvalue weighted by Gasteiger charge is -2.20. The summed E-state index contributed by atoms with van der Waals surface area (Å²) in [5, 5.41) is 4.48. The summed E-state index contributed by atoms with van der Waals surface area (Å²) in [6.07, 6.45) is 3.20. The Morgan fingerprint density at radius 1 is 1.42 bits per heavy atom. The average molecular weight is 386 g/mol. The standard InChI is InChI=1S/C20H20ClN3OS/c1-11-5-6-16-13(7-11)9-15-17(22)18(26-20(15)24-16)19(25)23-10-12-3-2-4-14(21)8-12/h2-4,8-9,11H,5-7,10,22H2,1H3,(H,23,25). The third kappa shape index (κ3) is 3.29. The number of hydrogen-bond acceptors (Lipinski definition) is 4. The monoisotopic (exact) mass is 385 g/mol. The minimum absolute atomic E-state index is 0.170. The molecule has 0 radical (unpaired) electrons. The van der Waals surface area contributed by atoms with E-state index < -0.39 is 0 Å². The van der Waals surface area contributed by atoms with Gasteiger partial charge in [0.15, 0.2) is 0 Å². The average Bonchev–Trinajstić information content (AvgIpc) is 2.94. The van der Waals surface area contributed by atoms with Crippen LogP contribution in [0.25, 0.3) is 10.2 Å². The molecule has 1 amide bonds. The van der Waals surface area contributed by atoms with Crippen LogP contribution in [0.15, 0.2) is 30.3 Å². The van der Waals surface area contributed by atoms with E-state index in [2.05, 4.69) is 18.3 Å². The maximum Gasteiger partial charge on any atom is 0.263 e. The van der Waals surface area contributed by atoms with E-state index >= 15 is 0 Å². The van der Waals surface area contributed by atoms with Crippen LogP contribution in [-0.4, -0.2) is 10.9 Å². The largest absolute Gasteiger partial charge is 0.397 e. The summed E-state index contributed by atoms with van der Waals surface area (Å²) in [4.78, 5) is 18.8. The van der Waals surface area contributed by atoms with E-state index in [1.807, 2.05) is 24.3 Å². The van der Waals surface area contributed by atoms with Crippen molar-refractivity contribution < 1.29 is 4.79 Å². The number of rotatable bonds is 3. The second kappa shape index (κ2) is 6.89. The fraction of sp³-hybridized carbons (Fsp3) is 0.300. The molecule has 4 rings (SSSR count). The van der Waals surface area contributed by atoms with E-state index in [0.717, 1.165) is 34.3 Å². The van der Waals surface area contributed by atoms with E-state index in [1.54, 1.807) is 0 Å². The van der Waals surface area contributed by atoms with Gasteiger partial charge >= 0.3 is 0 Å². The van der Waals surface area contributed by atoms with E-state index in [-0.39, 0.29) is 5.91 Å². The third-order valence-electron chi connectivity index (χ3n) is 4.88. The maximum absolute atomic E-state index is 12.6. The summed E-state index contributed by atoms with van der Waals surface area (Å²) in [6, 6.07) is 9.58. The molecule has 3 N–H and O–H groups in total. The predicted molar refractivity (Wildman–Crippen MR) is 108 cm³/mol. The Morgan fingerprint density at radius 3 is 3.08 bits per heavy atom. The smallest absolute Gasteiger partial charge is 0.263 e. The van der Waals surface area contributed by atoms with Crippen LogP contribution in [0.2, 0.25) is 5.02 Å². The molecular weight excluding hydrogens is 366 g/mol. The van der Waals surface area contributed by atoms with Crippen LogP contribution >= 0.6 is 22.9 Å². The zero-order valence-electron chi connectivity index (χ0n) is 14.5. The highest BCUT2D eigenvalue weighted by Gasteiger charge is 2.22. The lowest BCUT2D eigenvalue weighted by atomic mass is 9.87. The predicted octanol–water partition coefficient (Wildman–Crippen LogP) is 4.59. The molecule has 134 valence electrons. The minimum Gasteiger partial charge on any atom is -0.397 e. The highest BCUT2D eigenvalue weighted by molar-refractivity contribution is 7.21. The second-order valence-electron chi connectivity index (χ2n) is 6.95. The topological polar surface area (TPSA) is 68.0 Å². The molecule has 0 aliphatic heterocycles. The SMILES string of the molecule is CC1CCc2nc3sc(C(=O)NCc4cccc(Cl)c4)c(N)c3cc2C1. The molecule has 2 heterocycles. The van der Waals surface area contributed by atoms with Crippen LogP contribution in [0, 0.1) is 5.92 Å². The molecule has 0 saturated heterocycles. The molecule has 4 nitrogen and oxygen atoms in total. The van der Waals surface area contributed by atoms with Gasteiger partial charge in [-0.15, -0.1) is 11.3 Å². The van der Waals surface area contributed by atoms with E-state index in [1.165, 1.54) is 23.3 Å². The number of fused-ring (bicyclic) bond motifs is 2. The first-order valence-corrected chi connectivity index (χ1v) is 9.94. The molecule has 1 unspecified atom stereocenters. The zero-order chi connectivity index (χ0) is 18.3. The molecule has 3 aromatic rings. The quantitative estimate of drug-likeness (QED) is 0.693. The van der Waals surface area contributed by atoms with Crippen molar-refractivity contribution in [1.82, 2.24) is 10.3 Å². The van der Waals surface area contributed by atoms with Crippen molar-refractivity contribution in [2.24, 2.45) is 5.92 Å². The van der Waals surface area contributed by atoms with E-state index in [4.69, 9.17) is 22.3 Å². The Morgan fingerprint density at radius 2 is 2.27 bits per heavy atom. The number of aryl methyl sites for hydroxylation is 1. The number of nitrogens with two attached hydrogens (primary N) is 1. The summed E-state index contributed by atoms with van der Waals surface area (Å²) in [5.74, 6) is 0.499. The molecule has 0 fully saturated rings. The fourth-order valence-electron chi connectivity index (χ4n) is 3.45. The van der Waals surface area contributed by atoms with Gasteiger partial charge < -0.3 is 11.1 Å². The van der Waals surface area contributed by atoms with Crippen molar-refractivity contribution in [2.75, 3.05) is 5.73 Å². The van der Waals surface area contributed by atoms with Crippen LogP contribution in [-0.2, 0) is 19.4 Å². The number of carbonyl (C=O) groups is 1. The van der Waals surface area contributed by atoms with Gasteiger partial charge in [0.2, 0.25) is 0 Å². The number of nitrogens with zero attached hydrogens (tertiary/aromatic N) is 1. The number of amides is 1. The van der Waals surface area contributed by atoms with Crippen molar-refractivity contribution in [3.05, 3.63) is 57.1 Å². The van der Waals surface area contributed by atoms with Gasteiger partial charge in [0.05, 0.1) is 5.69 Å². The number of thiophene rings is 1. The summed E-state index contributed by atoms with van der Waals surface area (Å²) < 4.78 is 0. The lowest BCUT2D eigenvalue weighted by Crippen LogP contribution is -2.22. The van der Waals surface area contributed by atoms with Crippen molar-refractivity contribution in [3.8, 4) is 0 Å². The molecule has 1 aliphatic carbocycles. The molecule has 1 aliphatic rings. The number of carbonyl (C=O) groups excluding carboxylic acids is 1. The van der Waals surface area contributed by atoms with Crippen LogP contribution in [0.1, 0.15) is 39.8 Å². The summed E-state index contributed by atoms with van der Waals surface area (Å²) >= 11 is 7.36. The van der Waals surface area contributed by atoms with Gasteiger partial charge in [0.25, 0.3) is 5.91 Å². The van der Waals surface area contributed by atoms with Gasteiger partial charge in [-0.05, 0) is 54.5 Å². The number of halogens is 1. The maximum atomic E-state index is 12.6. The second-order valence-corrected chi connectivity index (χ2v) is 8.39. The van der Waals surface area contributed by atoms with Gasteiger partial charge in [-0.2, -0.15) is 0 Å². The number of nitrogens with one attached hydrogen (secondary N) is 1. The Hall–Kier alpha value is -2.11. The number of aromatic nitrogens is 1. The highest BCUT2D eigenvalue weighted by atomic mass is 35.5. The molecule has 6 heteroatoms. The Balaban J connectivity index is 1.60. The normalized spacial score (nSPS) is 16.5. The van der Waals surface area contributed by atoms with Crippen LogP contribution in [0.4, 0.5) is 5.69 Å². The summed E-state index contributed by atoms with van der Waals surface area (Å²) in [7, 11) is 0. The van der Waals surface area contributed by atoms with Gasteiger partial charge in [-0.3, -0.25) is 4.79 Å². The van der Waals surface area contributed by atoms with Crippen LogP contribution < -0.4 is 11.1 Å². The number of nitrogen functional groups attached to an aromatic ring is 1. The lowest BCUT2D eigenvalue weighted by molar-refractivity contribution is 0.0956. The van der Waals surface area contributed by atoms with Gasteiger partial charge in [0.1, 0.15) is 9.71 Å². The fourth-order valence-corrected chi connectivity index (χ4v) is 4.68. The first-order valence-electron chi connectivity index (χ1n) is 8.74. The van der Waals surface area contributed by atoms with Gasteiger partial charge in [-0.1, -0.05) is 30.7 Å². The highest BCUT2D eigenvalue weighted by Crippen LogP contribution is 2.36. The number of pyridine rings is 1. The van der Waals surface area contributed by atoms with Crippen LogP contribution in [0.3, 0.4) is 0 Å². The van der Waals surface area contributed by atoms with Crippen molar-refractivity contribution >= 4 is 44.7 Å². The molecule has 0 saturated carbocycles.